The first kappa shape index (κ1) is 11.6. The third-order valence-electron chi connectivity index (χ3n) is 3.69. The van der Waals surface area contributed by atoms with Gasteiger partial charge in [0.15, 0.2) is 0 Å². The van der Waals surface area contributed by atoms with Crippen molar-refractivity contribution in [2.75, 3.05) is 32.7 Å². The zero-order valence-corrected chi connectivity index (χ0v) is 10.4. The van der Waals surface area contributed by atoms with Crippen molar-refractivity contribution in [1.82, 2.24) is 20.1 Å². The van der Waals surface area contributed by atoms with Gasteiger partial charge in [-0.2, -0.15) is 0 Å². The maximum Gasteiger partial charge on any atom is 0.241 e. The highest BCUT2D eigenvalue weighted by Gasteiger charge is 2.35. The van der Waals surface area contributed by atoms with Gasteiger partial charge >= 0.3 is 0 Å². The third kappa shape index (κ3) is 2.23. The number of hydrogen-bond donors (Lipinski definition) is 1. The molecule has 0 bridgehead atoms. The van der Waals surface area contributed by atoms with Gasteiger partial charge < -0.3 is 10.2 Å². The Morgan fingerprint density at radius 2 is 2.28 bits per heavy atom. The van der Waals surface area contributed by atoms with Crippen molar-refractivity contribution in [3.8, 4) is 0 Å². The summed E-state index contributed by atoms with van der Waals surface area (Å²) in [4.78, 5) is 20.9. The third-order valence-corrected chi connectivity index (χ3v) is 3.69. The highest BCUT2D eigenvalue weighted by molar-refractivity contribution is 5.83. The molecule has 2 aliphatic heterocycles. The molecule has 1 aromatic rings. The Morgan fingerprint density at radius 3 is 3.11 bits per heavy atom. The number of pyridine rings is 1. The van der Waals surface area contributed by atoms with Crippen molar-refractivity contribution in [3.05, 3.63) is 30.1 Å². The van der Waals surface area contributed by atoms with Crippen LogP contribution in [0.3, 0.4) is 0 Å². The summed E-state index contributed by atoms with van der Waals surface area (Å²) >= 11 is 0. The highest BCUT2D eigenvalue weighted by atomic mass is 16.2. The summed E-state index contributed by atoms with van der Waals surface area (Å²) in [6.45, 7) is 5.16. The zero-order valence-electron chi connectivity index (χ0n) is 10.4. The van der Waals surface area contributed by atoms with Crippen molar-refractivity contribution in [2.24, 2.45) is 0 Å². The molecule has 2 aliphatic rings. The molecule has 96 valence electrons. The van der Waals surface area contributed by atoms with Gasteiger partial charge in [-0.25, -0.2) is 0 Å². The first-order valence-corrected chi connectivity index (χ1v) is 6.48. The molecule has 18 heavy (non-hydrogen) atoms. The van der Waals surface area contributed by atoms with E-state index in [0.717, 1.165) is 38.4 Å². The monoisotopic (exact) mass is 246 g/mol. The maximum atomic E-state index is 12.4. The molecule has 1 atom stereocenters. The molecular formula is C13H18N4O. The summed E-state index contributed by atoms with van der Waals surface area (Å²) in [6, 6.07) is 5.86. The lowest BCUT2D eigenvalue weighted by Gasteiger charge is -2.43. The molecule has 0 saturated carbocycles. The minimum Gasteiger partial charge on any atom is -0.334 e. The number of nitrogens with one attached hydrogen (secondary N) is 1. The first-order valence-electron chi connectivity index (χ1n) is 6.48. The Balaban J connectivity index is 1.69. The Labute approximate surface area is 107 Å². The highest BCUT2D eigenvalue weighted by Crippen LogP contribution is 2.15. The molecule has 1 aromatic heterocycles. The van der Waals surface area contributed by atoms with E-state index in [4.69, 9.17) is 0 Å². The molecule has 5 heteroatoms. The average Bonchev–Trinajstić information content (AvgIpc) is 2.43. The molecule has 2 fully saturated rings. The Kier molecular flexibility index (Phi) is 3.25. The topological polar surface area (TPSA) is 48.5 Å². The fourth-order valence-electron chi connectivity index (χ4n) is 2.67. The van der Waals surface area contributed by atoms with Crippen LogP contribution in [0.1, 0.15) is 5.69 Å². The van der Waals surface area contributed by atoms with Crippen molar-refractivity contribution >= 4 is 5.91 Å². The number of carbonyl (C=O) groups excluding carboxylic acids is 1. The van der Waals surface area contributed by atoms with Gasteiger partial charge in [-0.1, -0.05) is 6.07 Å². The predicted molar refractivity (Wildman–Crippen MR) is 67.9 cm³/mol. The molecule has 1 amide bonds. The summed E-state index contributed by atoms with van der Waals surface area (Å²) in [5, 5.41) is 3.29. The molecule has 3 rings (SSSR count). The van der Waals surface area contributed by atoms with Gasteiger partial charge in [0.2, 0.25) is 5.91 Å². The fraction of sp³-hybridized carbons (Fsp3) is 0.538. The first-order chi connectivity index (χ1) is 8.84. The second-order valence-corrected chi connectivity index (χ2v) is 4.84. The van der Waals surface area contributed by atoms with E-state index in [0.29, 0.717) is 6.54 Å². The Bertz CT molecular complexity index is 422. The fourth-order valence-corrected chi connectivity index (χ4v) is 2.67. The van der Waals surface area contributed by atoms with Crippen LogP contribution in [0.25, 0.3) is 0 Å². The molecular weight excluding hydrogens is 228 g/mol. The van der Waals surface area contributed by atoms with Crippen LogP contribution in [0.15, 0.2) is 24.4 Å². The molecule has 1 N–H and O–H groups in total. The summed E-state index contributed by atoms with van der Waals surface area (Å²) in [5.41, 5.74) is 0.961. The van der Waals surface area contributed by atoms with Crippen LogP contribution in [0.4, 0.5) is 0 Å². The Morgan fingerprint density at radius 1 is 1.33 bits per heavy atom. The van der Waals surface area contributed by atoms with E-state index in [1.54, 1.807) is 6.20 Å². The molecule has 0 spiro atoms. The number of piperazine rings is 2. The van der Waals surface area contributed by atoms with Crippen molar-refractivity contribution in [1.29, 1.82) is 0 Å². The van der Waals surface area contributed by atoms with E-state index < -0.39 is 0 Å². The largest absolute Gasteiger partial charge is 0.334 e. The lowest BCUT2D eigenvalue weighted by atomic mass is 10.1. The predicted octanol–water partition coefficient (Wildman–Crippen LogP) is -0.302. The number of rotatable bonds is 2. The van der Waals surface area contributed by atoms with Crippen LogP contribution >= 0.6 is 0 Å². The maximum absolute atomic E-state index is 12.4. The van der Waals surface area contributed by atoms with Crippen LogP contribution in [0.2, 0.25) is 0 Å². The van der Waals surface area contributed by atoms with Gasteiger partial charge in [0.1, 0.15) is 6.04 Å². The van der Waals surface area contributed by atoms with Crippen molar-refractivity contribution < 1.29 is 4.79 Å². The van der Waals surface area contributed by atoms with Gasteiger partial charge in [-0.15, -0.1) is 0 Å². The number of aromatic nitrogens is 1. The van der Waals surface area contributed by atoms with E-state index in [2.05, 4.69) is 15.2 Å². The molecule has 1 unspecified atom stereocenters. The second-order valence-electron chi connectivity index (χ2n) is 4.84. The van der Waals surface area contributed by atoms with E-state index in [-0.39, 0.29) is 11.9 Å². The van der Waals surface area contributed by atoms with Crippen LogP contribution in [-0.2, 0) is 11.3 Å². The normalized spacial score (nSPS) is 25.0. The zero-order chi connectivity index (χ0) is 12.4. The van der Waals surface area contributed by atoms with E-state index in [9.17, 15) is 4.79 Å². The van der Waals surface area contributed by atoms with Crippen molar-refractivity contribution in [2.45, 2.75) is 12.6 Å². The lowest BCUT2D eigenvalue weighted by molar-refractivity contribution is -0.143. The smallest absolute Gasteiger partial charge is 0.241 e. The van der Waals surface area contributed by atoms with Crippen LogP contribution in [0, 0.1) is 0 Å². The van der Waals surface area contributed by atoms with Crippen LogP contribution in [-0.4, -0.2) is 59.5 Å². The van der Waals surface area contributed by atoms with E-state index in [1.165, 1.54) is 0 Å². The average molecular weight is 246 g/mol. The summed E-state index contributed by atoms with van der Waals surface area (Å²) < 4.78 is 0. The van der Waals surface area contributed by atoms with Gasteiger partial charge in [0, 0.05) is 38.9 Å². The number of amides is 1. The van der Waals surface area contributed by atoms with Crippen LogP contribution < -0.4 is 5.32 Å². The molecule has 0 aromatic carbocycles. The minimum atomic E-state index is 0.0243. The number of fused-ring (bicyclic) bond motifs is 1. The van der Waals surface area contributed by atoms with Gasteiger partial charge in [-0.05, 0) is 12.1 Å². The van der Waals surface area contributed by atoms with Gasteiger partial charge in [0.25, 0.3) is 0 Å². The summed E-state index contributed by atoms with van der Waals surface area (Å²) in [7, 11) is 0. The quantitative estimate of drug-likeness (QED) is 0.778. The number of carbonyl (C=O) groups is 1. The Hall–Kier alpha value is -1.46. The summed E-state index contributed by atoms with van der Waals surface area (Å²) in [5.74, 6) is 0.235. The molecule has 5 nitrogen and oxygen atoms in total. The standard InChI is InChI=1S/C13H18N4O/c18-13-12-9-14-5-6-16(12)7-8-17(13)10-11-3-1-2-4-15-11/h1-4,12,14H,5-10H2. The van der Waals surface area contributed by atoms with E-state index >= 15 is 0 Å². The minimum absolute atomic E-state index is 0.0243. The SMILES string of the molecule is O=C1C2CNCCN2CCN1Cc1ccccn1. The molecule has 0 radical (unpaired) electrons. The molecule has 2 saturated heterocycles. The number of nitrogens with zero attached hydrogens (tertiary/aromatic N) is 3. The second kappa shape index (κ2) is 5.04. The molecule has 0 aliphatic carbocycles. The van der Waals surface area contributed by atoms with E-state index in [1.807, 2.05) is 23.1 Å². The lowest BCUT2D eigenvalue weighted by Crippen LogP contribution is -2.63. The number of hydrogen-bond acceptors (Lipinski definition) is 4. The van der Waals surface area contributed by atoms with Gasteiger partial charge in [0.05, 0.1) is 12.2 Å². The van der Waals surface area contributed by atoms with Crippen molar-refractivity contribution in [3.63, 3.8) is 0 Å². The summed E-state index contributed by atoms with van der Waals surface area (Å²) in [6.07, 6.45) is 1.78. The van der Waals surface area contributed by atoms with Gasteiger partial charge in [-0.3, -0.25) is 14.7 Å². The van der Waals surface area contributed by atoms with Crippen LogP contribution in [0.5, 0.6) is 0 Å². The molecule has 3 heterocycles.